The maximum Gasteiger partial charge on any atom is 0.227 e. The lowest BCUT2D eigenvalue weighted by atomic mass is 10.0. The fourth-order valence-corrected chi connectivity index (χ4v) is 5.00. The molecular formula is C13H15NO3S. The number of anilines is 1. The van der Waals surface area contributed by atoms with Crippen LogP contribution in [0.15, 0.2) is 24.3 Å². The van der Waals surface area contributed by atoms with Gasteiger partial charge in [0.1, 0.15) is 0 Å². The summed E-state index contributed by atoms with van der Waals surface area (Å²) < 4.78 is 23.3. The molecule has 3 rings (SSSR count). The highest BCUT2D eigenvalue weighted by atomic mass is 32.2. The van der Waals surface area contributed by atoms with Crippen LogP contribution in [0.3, 0.4) is 0 Å². The van der Waals surface area contributed by atoms with Gasteiger partial charge in [0, 0.05) is 18.0 Å². The van der Waals surface area contributed by atoms with E-state index in [-0.39, 0.29) is 29.4 Å². The summed E-state index contributed by atoms with van der Waals surface area (Å²) in [6.07, 6.45) is 0.359. The molecule has 2 aliphatic rings. The van der Waals surface area contributed by atoms with Crippen LogP contribution in [0.4, 0.5) is 5.69 Å². The minimum Gasteiger partial charge on any atom is -0.308 e. The first kappa shape index (κ1) is 11.7. The predicted molar refractivity (Wildman–Crippen MR) is 69.2 cm³/mol. The van der Waals surface area contributed by atoms with Gasteiger partial charge >= 0.3 is 0 Å². The van der Waals surface area contributed by atoms with Gasteiger partial charge in [-0.25, -0.2) is 8.42 Å². The molecule has 2 atom stereocenters. The molecule has 0 bridgehead atoms. The molecule has 2 heterocycles. The number of benzene rings is 1. The number of hydrogen-bond donors (Lipinski definition) is 0. The summed E-state index contributed by atoms with van der Waals surface area (Å²) in [6.45, 7) is 1.98. The van der Waals surface area contributed by atoms with E-state index in [1.54, 1.807) is 4.90 Å². The summed E-state index contributed by atoms with van der Waals surface area (Å²) >= 11 is 0. The normalized spacial score (nSPS) is 29.6. The molecule has 0 spiro atoms. The Balaban J connectivity index is 1.96. The fraction of sp³-hybridized carbons (Fsp3) is 0.462. The standard InChI is InChI=1S/C13H15NO3S/c1-9-2-4-11(5-3-9)14-12-8-18(16,17)7-10(12)6-13(14)15/h2-5,10,12H,6-8H2,1H3/t10-,12-/m0/s1. The van der Waals surface area contributed by atoms with E-state index in [1.807, 2.05) is 31.2 Å². The minimum absolute atomic E-state index is 0.0243. The molecule has 0 saturated carbocycles. The second kappa shape index (κ2) is 3.82. The van der Waals surface area contributed by atoms with Crippen molar-refractivity contribution in [1.82, 2.24) is 0 Å². The SMILES string of the molecule is Cc1ccc(N2C(=O)C[C@H]3CS(=O)(=O)C[C@@H]32)cc1. The van der Waals surface area contributed by atoms with E-state index in [0.29, 0.717) is 6.42 Å². The van der Waals surface area contributed by atoms with Crippen LogP contribution in [0, 0.1) is 12.8 Å². The Morgan fingerprint density at radius 1 is 1.17 bits per heavy atom. The van der Waals surface area contributed by atoms with Crippen LogP contribution in [0.1, 0.15) is 12.0 Å². The molecule has 2 saturated heterocycles. The topological polar surface area (TPSA) is 54.5 Å². The van der Waals surface area contributed by atoms with E-state index < -0.39 is 9.84 Å². The van der Waals surface area contributed by atoms with Gasteiger partial charge in [0.15, 0.2) is 9.84 Å². The summed E-state index contributed by atoms with van der Waals surface area (Å²) in [5, 5.41) is 0. The third kappa shape index (κ3) is 1.82. The molecular weight excluding hydrogens is 250 g/mol. The van der Waals surface area contributed by atoms with Gasteiger partial charge in [-0.15, -0.1) is 0 Å². The molecule has 96 valence electrons. The van der Waals surface area contributed by atoms with Crippen molar-refractivity contribution in [2.24, 2.45) is 5.92 Å². The Labute approximate surface area is 107 Å². The van der Waals surface area contributed by atoms with Crippen LogP contribution >= 0.6 is 0 Å². The number of aryl methyl sites for hydroxylation is 1. The lowest BCUT2D eigenvalue weighted by Gasteiger charge is -2.23. The highest BCUT2D eigenvalue weighted by Gasteiger charge is 2.49. The highest BCUT2D eigenvalue weighted by Crippen LogP contribution is 2.37. The van der Waals surface area contributed by atoms with Crippen LogP contribution in [-0.2, 0) is 14.6 Å². The van der Waals surface area contributed by atoms with Crippen LogP contribution in [-0.4, -0.2) is 31.9 Å². The van der Waals surface area contributed by atoms with Gasteiger partial charge in [0.25, 0.3) is 0 Å². The van der Waals surface area contributed by atoms with Gasteiger partial charge in [0.05, 0.1) is 17.5 Å². The Kier molecular flexibility index (Phi) is 2.48. The number of carbonyl (C=O) groups excluding carboxylic acids is 1. The van der Waals surface area contributed by atoms with Gasteiger partial charge in [-0.1, -0.05) is 17.7 Å². The van der Waals surface area contributed by atoms with Crippen LogP contribution < -0.4 is 4.90 Å². The van der Waals surface area contributed by atoms with Crippen molar-refractivity contribution in [2.45, 2.75) is 19.4 Å². The van der Waals surface area contributed by atoms with Gasteiger partial charge in [0.2, 0.25) is 5.91 Å². The molecule has 0 aromatic heterocycles. The number of fused-ring (bicyclic) bond motifs is 1. The van der Waals surface area contributed by atoms with E-state index in [0.717, 1.165) is 11.3 Å². The van der Waals surface area contributed by atoms with Gasteiger partial charge < -0.3 is 4.90 Å². The average Bonchev–Trinajstić information content (AvgIpc) is 2.70. The maximum absolute atomic E-state index is 12.0. The van der Waals surface area contributed by atoms with Crippen molar-refractivity contribution in [1.29, 1.82) is 0 Å². The average molecular weight is 265 g/mol. The number of rotatable bonds is 1. The molecule has 2 aliphatic heterocycles. The van der Waals surface area contributed by atoms with Gasteiger partial charge in [-0.05, 0) is 19.1 Å². The zero-order valence-corrected chi connectivity index (χ0v) is 11.0. The third-order valence-electron chi connectivity index (χ3n) is 3.79. The van der Waals surface area contributed by atoms with Crippen molar-refractivity contribution in [3.05, 3.63) is 29.8 Å². The Bertz CT molecular complexity index is 591. The maximum atomic E-state index is 12.0. The Hall–Kier alpha value is -1.36. The Morgan fingerprint density at radius 3 is 2.50 bits per heavy atom. The van der Waals surface area contributed by atoms with E-state index in [2.05, 4.69) is 0 Å². The number of sulfone groups is 1. The number of carbonyl (C=O) groups is 1. The van der Waals surface area contributed by atoms with E-state index in [4.69, 9.17) is 0 Å². The molecule has 0 radical (unpaired) electrons. The monoisotopic (exact) mass is 265 g/mol. The summed E-state index contributed by atoms with van der Waals surface area (Å²) in [5.41, 5.74) is 1.94. The molecule has 5 heteroatoms. The van der Waals surface area contributed by atoms with Crippen molar-refractivity contribution in [3.63, 3.8) is 0 Å². The fourth-order valence-electron chi connectivity index (χ4n) is 2.93. The second-order valence-electron chi connectivity index (χ2n) is 5.21. The molecule has 1 aromatic carbocycles. The highest BCUT2D eigenvalue weighted by molar-refractivity contribution is 7.91. The van der Waals surface area contributed by atoms with Gasteiger partial charge in [-0.3, -0.25) is 4.79 Å². The molecule has 0 unspecified atom stereocenters. The van der Waals surface area contributed by atoms with Crippen LogP contribution in [0.5, 0.6) is 0 Å². The van der Waals surface area contributed by atoms with Crippen LogP contribution in [0.2, 0.25) is 0 Å². The van der Waals surface area contributed by atoms with Crippen LogP contribution in [0.25, 0.3) is 0 Å². The second-order valence-corrected chi connectivity index (χ2v) is 7.36. The molecule has 18 heavy (non-hydrogen) atoms. The summed E-state index contributed by atoms with van der Waals surface area (Å²) in [6, 6.07) is 7.50. The first-order chi connectivity index (χ1) is 8.46. The van der Waals surface area contributed by atoms with E-state index in [1.165, 1.54) is 0 Å². The quantitative estimate of drug-likeness (QED) is 0.765. The lowest BCUT2D eigenvalue weighted by molar-refractivity contribution is -0.117. The van der Waals surface area contributed by atoms with E-state index in [9.17, 15) is 13.2 Å². The zero-order valence-electron chi connectivity index (χ0n) is 10.2. The summed E-state index contributed by atoms with van der Waals surface area (Å²) in [5.74, 6) is 0.288. The molecule has 4 nitrogen and oxygen atoms in total. The third-order valence-corrected chi connectivity index (χ3v) is 5.57. The number of nitrogens with zero attached hydrogens (tertiary/aromatic N) is 1. The molecule has 2 fully saturated rings. The van der Waals surface area contributed by atoms with Gasteiger partial charge in [-0.2, -0.15) is 0 Å². The zero-order chi connectivity index (χ0) is 12.9. The molecule has 1 aromatic rings. The van der Waals surface area contributed by atoms with E-state index >= 15 is 0 Å². The lowest BCUT2D eigenvalue weighted by Crippen LogP contribution is -2.36. The number of amides is 1. The first-order valence-corrected chi connectivity index (χ1v) is 7.87. The Morgan fingerprint density at radius 2 is 1.83 bits per heavy atom. The summed E-state index contributed by atoms with van der Waals surface area (Å²) in [4.78, 5) is 13.7. The van der Waals surface area contributed by atoms with Crippen molar-refractivity contribution >= 4 is 21.4 Å². The van der Waals surface area contributed by atoms with Crippen molar-refractivity contribution in [2.75, 3.05) is 16.4 Å². The first-order valence-electron chi connectivity index (χ1n) is 6.05. The number of hydrogen-bond acceptors (Lipinski definition) is 3. The molecule has 0 N–H and O–H groups in total. The smallest absolute Gasteiger partial charge is 0.227 e. The molecule has 0 aliphatic carbocycles. The van der Waals surface area contributed by atoms with Crippen molar-refractivity contribution in [3.8, 4) is 0 Å². The summed E-state index contributed by atoms with van der Waals surface area (Å²) in [7, 11) is -2.97. The van der Waals surface area contributed by atoms with Crippen molar-refractivity contribution < 1.29 is 13.2 Å². The largest absolute Gasteiger partial charge is 0.308 e. The minimum atomic E-state index is -2.97. The molecule has 1 amide bonds. The predicted octanol–water partition coefficient (Wildman–Crippen LogP) is 1.14.